The van der Waals surface area contributed by atoms with Gasteiger partial charge in [-0.05, 0) is 54.4 Å². The second kappa shape index (κ2) is 10.1. The highest BCUT2D eigenvalue weighted by Gasteiger charge is 2.23. The molecular formula is C18H38N2O3. The summed E-state index contributed by atoms with van der Waals surface area (Å²) < 4.78 is 10.8. The van der Waals surface area contributed by atoms with Gasteiger partial charge in [0.15, 0.2) is 0 Å². The molecule has 0 spiro atoms. The van der Waals surface area contributed by atoms with Crippen LogP contribution < -0.4 is 10.6 Å². The zero-order chi connectivity index (χ0) is 18.1. The molecule has 0 radical (unpaired) electrons. The van der Waals surface area contributed by atoms with Gasteiger partial charge < -0.3 is 20.1 Å². The van der Waals surface area contributed by atoms with Crippen molar-refractivity contribution in [3.05, 3.63) is 0 Å². The zero-order valence-corrected chi connectivity index (χ0v) is 16.4. The van der Waals surface area contributed by atoms with Crippen LogP contribution in [-0.2, 0) is 9.47 Å². The number of alkyl carbamates (subject to hydrolysis) is 1. The normalized spacial score (nSPS) is 15.1. The standard InChI is InChI=1S/C18H38N2O3/c1-9-10-11-15(13-19-16(21)23-17(3,4)5)20-14(2)12-18(6,7)22-8/h14-15,20H,9-13H2,1-8H3,(H,19,21). The molecule has 0 aromatic heterocycles. The number of carbonyl (C=O) groups excluding carboxylic acids is 1. The molecule has 0 aliphatic rings. The molecular weight excluding hydrogens is 292 g/mol. The highest BCUT2D eigenvalue weighted by Crippen LogP contribution is 2.16. The van der Waals surface area contributed by atoms with Gasteiger partial charge in [-0.25, -0.2) is 4.79 Å². The van der Waals surface area contributed by atoms with Gasteiger partial charge in [0.25, 0.3) is 0 Å². The van der Waals surface area contributed by atoms with Crippen molar-refractivity contribution in [2.24, 2.45) is 0 Å². The van der Waals surface area contributed by atoms with Gasteiger partial charge in [-0.2, -0.15) is 0 Å². The van der Waals surface area contributed by atoms with E-state index in [1.54, 1.807) is 7.11 Å². The number of hydrogen-bond acceptors (Lipinski definition) is 4. The Hall–Kier alpha value is -0.810. The van der Waals surface area contributed by atoms with Gasteiger partial charge >= 0.3 is 6.09 Å². The van der Waals surface area contributed by atoms with Crippen LogP contribution in [0.15, 0.2) is 0 Å². The van der Waals surface area contributed by atoms with E-state index < -0.39 is 5.60 Å². The number of amides is 1. The third kappa shape index (κ3) is 12.3. The molecule has 5 heteroatoms. The van der Waals surface area contributed by atoms with Crippen LogP contribution >= 0.6 is 0 Å². The smallest absolute Gasteiger partial charge is 0.407 e. The average molecular weight is 331 g/mol. The lowest BCUT2D eigenvalue weighted by atomic mass is 9.98. The van der Waals surface area contributed by atoms with E-state index in [0.29, 0.717) is 12.6 Å². The molecule has 2 unspecified atom stereocenters. The quantitative estimate of drug-likeness (QED) is 0.638. The summed E-state index contributed by atoms with van der Waals surface area (Å²) in [5, 5.41) is 6.49. The number of nitrogens with one attached hydrogen (secondary N) is 2. The van der Waals surface area contributed by atoms with Gasteiger partial charge in [-0.3, -0.25) is 0 Å². The predicted octanol–water partition coefficient (Wildman–Crippen LogP) is 3.86. The Kier molecular flexibility index (Phi) is 9.78. The van der Waals surface area contributed by atoms with E-state index in [9.17, 15) is 4.79 Å². The second-order valence-corrected chi connectivity index (χ2v) is 7.96. The zero-order valence-electron chi connectivity index (χ0n) is 16.4. The monoisotopic (exact) mass is 330 g/mol. The van der Waals surface area contributed by atoms with Crippen molar-refractivity contribution in [3.63, 3.8) is 0 Å². The summed E-state index contributed by atoms with van der Waals surface area (Å²) in [6, 6.07) is 0.553. The Bertz CT molecular complexity index is 338. The van der Waals surface area contributed by atoms with Crippen molar-refractivity contribution in [3.8, 4) is 0 Å². The van der Waals surface area contributed by atoms with Crippen molar-refractivity contribution in [1.29, 1.82) is 0 Å². The lowest BCUT2D eigenvalue weighted by molar-refractivity contribution is 0.00742. The first-order chi connectivity index (χ1) is 10.5. The second-order valence-electron chi connectivity index (χ2n) is 7.96. The Balaban J connectivity index is 4.43. The lowest BCUT2D eigenvalue weighted by Crippen LogP contribution is -2.47. The van der Waals surface area contributed by atoms with E-state index in [1.807, 2.05) is 20.8 Å². The number of rotatable bonds is 10. The molecule has 0 rings (SSSR count). The Labute approximate surface area is 142 Å². The van der Waals surface area contributed by atoms with E-state index >= 15 is 0 Å². The molecule has 0 aliphatic heterocycles. The largest absolute Gasteiger partial charge is 0.444 e. The Morgan fingerprint density at radius 2 is 1.78 bits per heavy atom. The molecule has 0 bridgehead atoms. The van der Waals surface area contributed by atoms with Crippen LogP contribution in [0.5, 0.6) is 0 Å². The molecule has 0 aromatic rings. The summed E-state index contributed by atoms with van der Waals surface area (Å²) in [5.41, 5.74) is -0.619. The lowest BCUT2D eigenvalue weighted by Gasteiger charge is -2.30. The third-order valence-electron chi connectivity index (χ3n) is 3.67. The van der Waals surface area contributed by atoms with Crippen molar-refractivity contribution in [1.82, 2.24) is 10.6 Å². The van der Waals surface area contributed by atoms with E-state index in [0.717, 1.165) is 25.7 Å². The molecule has 0 aromatic carbocycles. The van der Waals surface area contributed by atoms with Gasteiger partial charge in [0.2, 0.25) is 0 Å². The maximum Gasteiger partial charge on any atom is 0.407 e. The molecule has 2 atom stereocenters. The predicted molar refractivity (Wildman–Crippen MR) is 95.9 cm³/mol. The number of methoxy groups -OCH3 is 1. The fraction of sp³-hybridized carbons (Fsp3) is 0.944. The maximum atomic E-state index is 11.8. The molecule has 2 N–H and O–H groups in total. The molecule has 138 valence electrons. The topological polar surface area (TPSA) is 59.6 Å². The minimum Gasteiger partial charge on any atom is -0.444 e. The summed E-state index contributed by atoms with van der Waals surface area (Å²) >= 11 is 0. The SMILES string of the molecule is CCCCC(CNC(=O)OC(C)(C)C)NC(C)CC(C)(C)OC. The first-order valence-electron chi connectivity index (χ1n) is 8.77. The van der Waals surface area contributed by atoms with Crippen molar-refractivity contribution in [2.75, 3.05) is 13.7 Å². The fourth-order valence-electron chi connectivity index (χ4n) is 2.50. The first kappa shape index (κ1) is 22.2. The van der Waals surface area contributed by atoms with Crippen molar-refractivity contribution < 1.29 is 14.3 Å². The number of carbonyl (C=O) groups is 1. The molecule has 1 amide bonds. The van der Waals surface area contributed by atoms with Crippen LogP contribution in [0.1, 0.15) is 74.1 Å². The van der Waals surface area contributed by atoms with Crippen LogP contribution in [0.3, 0.4) is 0 Å². The summed E-state index contributed by atoms with van der Waals surface area (Å²) in [6.07, 6.45) is 3.87. The van der Waals surface area contributed by atoms with Gasteiger partial charge in [-0.1, -0.05) is 19.8 Å². The summed E-state index contributed by atoms with van der Waals surface area (Å²) in [4.78, 5) is 11.8. The van der Waals surface area contributed by atoms with E-state index in [-0.39, 0.29) is 17.7 Å². The maximum absolute atomic E-state index is 11.8. The van der Waals surface area contributed by atoms with E-state index in [1.165, 1.54) is 0 Å². The molecule has 0 heterocycles. The summed E-state index contributed by atoms with van der Waals surface area (Å²) in [6.45, 7) is 14.7. The van der Waals surface area contributed by atoms with Crippen LogP contribution in [0.2, 0.25) is 0 Å². The fourth-order valence-corrected chi connectivity index (χ4v) is 2.50. The molecule has 0 fully saturated rings. The number of ether oxygens (including phenoxy) is 2. The van der Waals surface area contributed by atoms with Gasteiger partial charge in [0.05, 0.1) is 5.60 Å². The Morgan fingerprint density at radius 3 is 2.26 bits per heavy atom. The Morgan fingerprint density at radius 1 is 1.17 bits per heavy atom. The minimum atomic E-state index is -0.466. The van der Waals surface area contributed by atoms with E-state index in [4.69, 9.17) is 9.47 Å². The van der Waals surface area contributed by atoms with E-state index in [2.05, 4.69) is 38.3 Å². The molecule has 5 nitrogen and oxygen atoms in total. The summed E-state index contributed by atoms with van der Waals surface area (Å²) in [7, 11) is 1.74. The van der Waals surface area contributed by atoms with Crippen molar-refractivity contribution in [2.45, 2.75) is 97.4 Å². The average Bonchev–Trinajstić information content (AvgIpc) is 2.39. The molecule has 0 aliphatic carbocycles. The first-order valence-corrected chi connectivity index (χ1v) is 8.77. The van der Waals surface area contributed by atoms with Crippen LogP contribution in [0.25, 0.3) is 0 Å². The number of hydrogen-bond donors (Lipinski definition) is 2. The summed E-state index contributed by atoms with van der Waals surface area (Å²) in [5.74, 6) is 0. The highest BCUT2D eigenvalue weighted by atomic mass is 16.6. The van der Waals surface area contributed by atoms with Crippen LogP contribution in [0.4, 0.5) is 4.79 Å². The molecule has 0 saturated heterocycles. The third-order valence-corrected chi connectivity index (χ3v) is 3.67. The van der Waals surface area contributed by atoms with Crippen LogP contribution in [-0.4, -0.2) is 43.0 Å². The molecule has 23 heavy (non-hydrogen) atoms. The van der Waals surface area contributed by atoms with Crippen LogP contribution in [0, 0.1) is 0 Å². The van der Waals surface area contributed by atoms with Crippen molar-refractivity contribution >= 4 is 6.09 Å². The number of unbranched alkanes of at least 4 members (excludes halogenated alkanes) is 1. The molecule has 0 saturated carbocycles. The minimum absolute atomic E-state index is 0.152. The van der Waals surface area contributed by atoms with Gasteiger partial charge in [0.1, 0.15) is 5.60 Å². The highest BCUT2D eigenvalue weighted by molar-refractivity contribution is 5.67. The van der Waals surface area contributed by atoms with Gasteiger partial charge in [0, 0.05) is 25.7 Å². The van der Waals surface area contributed by atoms with Gasteiger partial charge in [-0.15, -0.1) is 0 Å².